The number of allylic oxidation sites excluding steroid dienone is 22. The third-order valence-electron chi connectivity index (χ3n) is 14.6. The zero-order valence-corrected chi connectivity index (χ0v) is 54.2. The second-order valence-corrected chi connectivity index (χ2v) is 22.7. The van der Waals surface area contributed by atoms with Crippen LogP contribution in [-0.2, 0) is 28.6 Å². The van der Waals surface area contributed by atoms with Crippen molar-refractivity contribution in [3.63, 3.8) is 0 Å². The Morgan fingerprint density at radius 3 is 0.759 bits per heavy atom. The molecule has 1 unspecified atom stereocenters. The number of carbonyl (C=O) groups is 3. The van der Waals surface area contributed by atoms with Crippen LogP contribution in [0.3, 0.4) is 0 Å². The second kappa shape index (κ2) is 70.0. The maximum atomic E-state index is 12.9. The molecule has 0 aromatic carbocycles. The van der Waals surface area contributed by atoms with Gasteiger partial charge in [-0.3, -0.25) is 14.4 Å². The maximum absolute atomic E-state index is 12.9. The first-order valence-electron chi connectivity index (χ1n) is 34.7. The molecule has 0 aliphatic carbocycles. The minimum Gasteiger partial charge on any atom is -0.462 e. The summed E-state index contributed by atoms with van der Waals surface area (Å²) in [4.78, 5) is 38.4. The fourth-order valence-corrected chi connectivity index (χ4v) is 9.43. The second-order valence-electron chi connectivity index (χ2n) is 22.7. The topological polar surface area (TPSA) is 78.9 Å². The first-order chi connectivity index (χ1) is 41.0. The SMILES string of the molecule is CC/C=C\C/C=C\C/C=C\C/C=C\C/C=C\C/C=C\C/C=C\C/C=C\CCCCCCC(=O)OCC(COC(=O)CCCCCCCCC/C=C\CCCCCCCCC)OC(=O)CCCCCCCCC/C=C\C/C=C\CCCCCC. The van der Waals surface area contributed by atoms with Gasteiger partial charge >= 0.3 is 17.9 Å². The van der Waals surface area contributed by atoms with Crippen LogP contribution in [0.5, 0.6) is 0 Å². The van der Waals surface area contributed by atoms with E-state index >= 15 is 0 Å². The third kappa shape index (κ3) is 68.2. The van der Waals surface area contributed by atoms with Gasteiger partial charge in [0.15, 0.2) is 6.10 Å². The molecule has 83 heavy (non-hydrogen) atoms. The number of rotatable bonds is 62. The van der Waals surface area contributed by atoms with E-state index in [0.717, 1.165) is 135 Å². The normalized spacial score (nSPS) is 13.0. The van der Waals surface area contributed by atoms with Crippen LogP contribution in [0.4, 0.5) is 0 Å². The van der Waals surface area contributed by atoms with Gasteiger partial charge in [0.2, 0.25) is 0 Å². The van der Waals surface area contributed by atoms with Gasteiger partial charge < -0.3 is 14.2 Å². The van der Waals surface area contributed by atoms with Crippen LogP contribution in [0, 0.1) is 0 Å². The largest absolute Gasteiger partial charge is 0.462 e. The van der Waals surface area contributed by atoms with Crippen LogP contribution in [0.25, 0.3) is 0 Å². The fraction of sp³-hybridized carbons (Fsp3) is 0.675. The fourth-order valence-electron chi connectivity index (χ4n) is 9.43. The van der Waals surface area contributed by atoms with Gasteiger partial charge in [-0.1, -0.05) is 289 Å². The summed E-state index contributed by atoms with van der Waals surface area (Å²) in [5.41, 5.74) is 0. The average molecular weight is 1150 g/mol. The van der Waals surface area contributed by atoms with Crippen molar-refractivity contribution in [2.45, 2.75) is 322 Å². The van der Waals surface area contributed by atoms with Gasteiger partial charge in [-0.15, -0.1) is 0 Å². The summed E-state index contributed by atoms with van der Waals surface area (Å²) in [6, 6.07) is 0. The van der Waals surface area contributed by atoms with Crippen molar-refractivity contribution in [3.8, 4) is 0 Å². The van der Waals surface area contributed by atoms with Gasteiger partial charge in [0.1, 0.15) is 13.2 Å². The van der Waals surface area contributed by atoms with Crippen molar-refractivity contribution in [2.75, 3.05) is 13.2 Å². The average Bonchev–Trinajstić information content (AvgIpc) is 3.49. The number of carbonyl (C=O) groups excluding carboxylic acids is 3. The van der Waals surface area contributed by atoms with E-state index in [4.69, 9.17) is 14.2 Å². The van der Waals surface area contributed by atoms with E-state index in [0.29, 0.717) is 19.3 Å². The zero-order valence-electron chi connectivity index (χ0n) is 54.2. The molecular formula is C77H128O6. The van der Waals surface area contributed by atoms with Crippen molar-refractivity contribution < 1.29 is 28.6 Å². The smallest absolute Gasteiger partial charge is 0.306 e. The van der Waals surface area contributed by atoms with Gasteiger partial charge in [-0.05, 0) is 141 Å². The highest BCUT2D eigenvalue weighted by Crippen LogP contribution is 2.15. The minimum absolute atomic E-state index is 0.0941. The van der Waals surface area contributed by atoms with Crippen LogP contribution >= 0.6 is 0 Å². The Kier molecular flexibility index (Phi) is 66.3. The van der Waals surface area contributed by atoms with Crippen LogP contribution in [0.15, 0.2) is 134 Å². The quantitative estimate of drug-likeness (QED) is 0.0261. The van der Waals surface area contributed by atoms with Gasteiger partial charge in [-0.2, -0.15) is 0 Å². The molecule has 0 saturated heterocycles. The number of unbranched alkanes of at least 4 members (excludes halogenated alkanes) is 29. The Morgan fingerprint density at radius 1 is 0.253 bits per heavy atom. The van der Waals surface area contributed by atoms with Crippen molar-refractivity contribution in [3.05, 3.63) is 134 Å². The molecule has 472 valence electrons. The Morgan fingerprint density at radius 2 is 0.470 bits per heavy atom. The molecule has 0 amide bonds. The monoisotopic (exact) mass is 1150 g/mol. The molecule has 0 heterocycles. The van der Waals surface area contributed by atoms with Gasteiger partial charge in [0, 0.05) is 19.3 Å². The highest BCUT2D eigenvalue weighted by atomic mass is 16.6. The van der Waals surface area contributed by atoms with Crippen molar-refractivity contribution >= 4 is 17.9 Å². The molecule has 6 heteroatoms. The number of esters is 3. The van der Waals surface area contributed by atoms with Crippen LogP contribution < -0.4 is 0 Å². The molecule has 0 aromatic rings. The predicted octanol–water partition coefficient (Wildman–Crippen LogP) is 24.1. The molecule has 0 radical (unpaired) electrons. The Hall–Kier alpha value is -4.45. The molecule has 1 atom stereocenters. The Labute approximate surface area is 513 Å². The van der Waals surface area contributed by atoms with E-state index in [1.54, 1.807) is 0 Å². The Balaban J connectivity index is 4.44. The summed E-state index contributed by atoms with van der Waals surface area (Å²) in [5.74, 6) is -0.925. The summed E-state index contributed by atoms with van der Waals surface area (Å²) >= 11 is 0. The first kappa shape index (κ1) is 78.5. The van der Waals surface area contributed by atoms with Crippen LogP contribution in [-0.4, -0.2) is 37.2 Å². The van der Waals surface area contributed by atoms with E-state index in [-0.39, 0.29) is 31.1 Å². The number of hydrogen-bond donors (Lipinski definition) is 0. The predicted molar refractivity (Wildman–Crippen MR) is 362 cm³/mol. The maximum Gasteiger partial charge on any atom is 0.306 e. The third-order valence-corrected chi connectivity index (χ3v) is 14.6. The summed E-state index contributed by atoms with van der Waals surface area (Å²) in [5, 5.41) is 0. The van der Waals surface area contributed by atoms with E-state index in [1.165, 1.54) is 141 Å². The van der Waals surface area contributed by atoms with E-state index in [9.17, 15) is 14.4 Å². The Bertz CT molecular complexity index is 1750. The lowest BCUT2D eigenvalue weighted by Crippen LogP contribution is -2.30. The molecule has 0 fully saturated rings. The molecule has 0 spiro atoms. The number of ether oxygens (including phenoxy) is 3. The van der Waals surface area contributed by atoms with Gasteiger partial charge in [-0.25, -0.2) is 0 Å². The minimum atomic E-state index is -0.801. The van der Waals surface area contributed by atoms with Crippen molar-refractivity contribution in [1.82, 2.24) is 0 Å². The summed E-state index contributed by atoms with van der Waals surface area (Å²) in [7, 11) is 0. The molecule has 0 bridgehead atoms. The van der Waals surface area contributed by atoms with Crippen LogP contribution in [0.1, 0.15) is 316 Å². The molecule has 0 saturated carbocycles. The lowest BCUT2D eigenvalue weighted by molar-refractivity contribution is -0.167. The van der Waals surface area contributed by atoms with Gasteiger partial charge in [0.25, 0.3) is 0 Å². The molecule has 0 aliphatic rings. The number of hydrogen-bond acceptors (Lipinski definition) is 6. The molecule has 0 N–H and O–H groups in total. The molecule has 0 aromatic heterocycles. The van der Waals surface area contributed by atoms with Crippen molar-refractivity contribution in [1.29, 1.82) is 0 Å². The summed E-state index contributed by atoms with van der Waals surface area (Å²) < 4.78 is 17.0. The zero-order chi connectivity index (χ0) is 59.9. The highest BCUT2D eigenvalue weighted by molar-refractivity contribution is 5.71. The molecule has 0 rings (SSSR count). The van der Waals surface area contributed by atoms with Crippen LogP contribution in [0.2, 0.25) is 0 Å². The molecular weight excluding hydrogens is 1020 g/mol. The standard InChI is InChI=1S/C77H128O6/c1-4-7-10-13-16-19-22-25-28-31-34-35-36-37-38-39-40-41-42-43-44-47-49-52-55-58-61-64-67-70-76(79)82-73-74(83-77(80)71-68-65-62-59-56-53-50-46-33-30-27-24-21-18-15-12-9-6-3)72-81-75(78)69-66-63-60-57-54-51-48-45-32-29-26-23-20-17-14-11-8-5-2/h7,10,16,19,21,24-25,28-30,32-35,37-38,40-41,43-44,49,52,74H,4-6,8-9,11-15,17-18,20,22-23,26-27,31,36,39,42,45-48,50-51,53-73H2,1-3H3/b10-7-,19-16-,24-21-,28-25-,32-29-,33-30-,35-34-,38-37-,41-40-,44-43-,52-49-. The van der Waals surface area contributed by atoms with E-state index in [2.05, 4.69) is 154 Å². The van der Waals surface area contributed by atoms with Gasteiger partial charge in [0.05, 0.1) is 0 Å². The van der Waals surface area contributed by atoms with E-state index < -0.39 is 6.10 Å². The molecule has 0 aliphatic heterocycles. The summed E-state index contributed by atoms with van der Waals surface area (Å²) in [6.45, 7) is 6.50. The first-order valence-corrected chi connectivity index (χ1v) is 34.7. The lowest BCUT2D eigenvalue weighted by atomic mass is 10.1. The lowest BCUT2D eigenvalue weighted by Gasteiger charge is -2.18. The van der Waals surface area contributed by atoms with E-state index in [1.807, 2.05) is 0 Å². The molecule has 6 nitrogen and oxygen atoms in total. The highest BCUT2D eigenvalue weighted by Gasteiger charge is 2.19. The van der Waals surface area contributed by atoms with Crippen molar-refractivity contribution in [2.24, 2.45) is 0 Å². The summed E-state index contributed by atoms with van der Waals surface area (Å²) in [6.07, 6.45) is 98.9.